The number of amides is 1. The SMILES string of the molecule is O=C1NCCOc2ccc(C(Br)C(F)(F)F)cc21. The van der Waals surface area contributed by atoms with Gasteiger partial charge < -0.3 is 10.1 Å². The standard InChI is InChI=1S/C11H9BrF3NO2/c12-9(11(13,14)15)6-1-2-8-7(5-6)10(17)16-3-4-18-8/h1-2,5,9H,3-4H2,(H,16,17). The van der Waals surface area contributed by atoms with Crippen molar-refractivity contribution < 1.29 is 22.7 Å². The maximum absolute atomic E-state index is 12.6. The smallest absolute Gasteiger partial charge is 0.405 e. The molecule has 2 rings (SSSR count). The summed E-state index contributed by atoms with van der Waals surface area (Å²) < 4.78 is 43.0. The van der Waals surface area contributed by atoms with Gasteiger partial charge in [-0.3, -0.25) is 4.79 Å². The van der Waals surface area contributed by atoms with Gasteiger partial charge in [-0.15, -0.1) is 0 Å². The number of benzene rings is 1. The molecule has 0 radical (unpaired) electrons. The Bertz CT molecular complexity index is 476. The van der Waals surface area contributed by atoms with Crippen molar-refractivity contribution in [3.8, 4) is 5.75 Å². The Morgan fingerprint density at radius 2 is 2.11 bits per heavy atom. The van der Waals surface area contributed by atoms with Crippen LogP contribution in [0.15, 0.2) is 18.2 Å². The average molecular weight is 324 g/mol. The third kappa shape index (κ3) is 2.60. The van der Waals surface area contributed by atoms with Crippen LogP contribution in [0.1, 0.15) is 20.7 Å². The molecule has 1 aromatic rings. The van der Waals surface area contributed by atoms with Crippen molar-refractivity contribution in [1.29, 1.82) is 0 Å². The van der Waals surface area contributed by atoms with E-state index in [9.17, 15) is 18.0 Å². The number of fused-ring (bicyclic) bond motifs is 1. The van der Waals surface area contributed by atoms with Gasteiger partial charge in [0.15, 0.2) is 0 Å². The Kier molecular flexibility index (Phi) is 3.52. The van der Waals surface area contributed by atoms with Crippen molar-refractivity contribution in [3.05, 3.63) is 29.3 Å². The fraction of sp³-hybridized carbons (Fsp3) is 0.364. The number of hydrogen-bond acceptors (Lipinski definition) is 2. The van der Waals surface area contributed by atoms with Gasteiger partial charge in [0.25, 0.3) is 5.91 Å². The van der Waals surface area contributed by atoms with Crippen molar-refractivity contribution >= 4 is 21.8 Å². The molecule has 0 aromatic heterocycles. The number of nitrogens with one attached hydrogen (secondary N) is 1. The molecule has 0 aliphatic carbocycles. The molecule has 0 fully saturated rings. The van der Waals surface area contributed by atoms with Gasteiger partial charge in [0, 0.05) is 0 Å². The molecular weight excluding hydrogens is 315 g/mol. The van der Waals surface area contributed by atoms with Crippen molar-refractivity contribution in [2.24, 2.45) is 0 Å². The summed E-state index contributed by atoms with van der Waals surface area (Å²) in [7, 11) is 0. The third-order valence-corrected chi connectivity index (χ3v) is 3.52. The van der Waals surface area contributed by atoms with Crippen LogP contribution >= 0.6 is 15.9 Å². The third-order valence-electron chi connectivity index (χ3n) is 2.47. The van der Waals surface area contributed by atoms with Crippen molar-refractivity contribution in [2.75, 3.05) is 13.2 Å². The van der Waals surface area contributed by atoms with Crippen LogP contribution in [0.2, 0.25) is 0 Å². The number of carbonyl (C=O) groups is 1. The van der Waals surface area contributed by atoms with Gasteiger partial charge in [-0.05, 0) is 17.7 Å². The van der Waals surface area contributed by atoms with Crippen LogP contribution in [0.4, 0.5) is 13.2 Å². The average Bonchev–Trinajstić information content (AvgIpc) is 2.49. The molecule has 1 N–H and O–H groups in total. The van der Waals surface area contributed by atoms with Crippen LogP contribution < -0.4 is 10.1 Å². The number of carbonyl (C=O) groups excluding carboxylic acids is 1. The molecule has 1 amide bonds. The Balaban J connectivity index is 2.40. The normalized spacial score (nSPS) is 17.2. The minimum Gasteiger partial charge on any atom is -0.491 e. The molecule has 1 aliphatic rings. The Morgan fingerprint density at radius 3 is 2.78 bits per heavy atom. The molecule has 0 bridgehead atoms. The van der Waals surface area contributed by atoms with Crippen LogP contribution in [0.3, 0.4) is 0 Å². The quantitative estimate of drug-likeness (QED) is 0.807. The first-order valence-electron chi connectivity index (χ1n) is 5.15. The molecule has 1 heterocycles. The maximum atomic E-state index is 12.6. The highest BCUT2D eigenvalue weighted by atomic mass is 79.9. The molecule has 1 atom stereocenters. The number of rotatable bonds is 1. The zero-order chi connectivity index (χ0) is 13.3. The van der Waals surface area contributed by atoms with Crippen molar-refractivity contribution in [3.63, 3.8) is 0 Å². The van der Waals surface area contributed by atoms with E-state index in [0.717, 1.165) is 0 Å². The molecule has 0 saturated heterocycles. The topological polar surface area (TPSA) is 38.3 Å². The summed E-state index contributed by atoms with van der Waals surface area (Å²) in [5, 5.41) is 2.55. The minimum absolute atomic E-state index is 0.0260. The summed E-state index contributed by atoms with van der Waals surface area (Å²) in [6.07, 6.45) is -4.41. The molecule has 0 saturated carbocycles. The van der Waals surface area contributed by atoms with Gasteiger partial charge in [-0.1, -0.05) is 22.0 Å². The Hall–Kier alpha value is -1.24. The van der Waals surface area contributed by atoms with Gasteiger partial charge in [0.1, 0.15) is 17.2 Å². The summed E-state index contributed by atoms with van der Waals surface area (Å²) in [5.74, 6) is -0.123. The van der Waals surface area contributed by atoms with E-state index >= 15 is 0 Å². The first-order valence-corrected chi connectivity index (χ1v) is 6.07. The fourth-order valence-electron chi connectivity index (χ4n) is 1.62. The predicted molar refractivity (Wildman–Crippen MR) is 62.0 cm³/mol. The number of halogens is 4. The van der Waals surface area contributed by atoms with E-state index < -0.39 is 16.9 Å². The lowest BCUT2D eigenvalue weighted by molar-refractivity contribution is -0.128. The molecule has 0 spiro atoms. The van der Waals surface area contributed by atoms with Crippen LogP contribution in [0.25, 0.3) is 0 Å². The van der Waals surface area contributed by atoms with Gasteiger partial charge >= 0.3 is 6.18 Å². The minimum atomic E-state index is -4.41. The van der Waals surface area contributed by atoms with E-state index in [1.54, 1.807) is 0 Å². The number of hydrogen-bond donors (Lipinski definition) is 1. The van der Waals surface area contributed by atoms with Gasteiger partial charge in [0.05, 0.1) is 12.1 Å². The van der Waals surface area contributed by atoms with E-state index in [2.05, 4.69) is 21.2 Å². The summed E-state index contributed by atoms with van der Waals surface area (Å²) >= 11 is 2.58. The number of alkyl halides is 4. The van der Waals surface area contributed by atoms with Crippen LogP contribution in [0.5, 0.6) is 5.75 Å². The highest BCUT2D eigenvalue weighted by Crippen LogP contribution is 2.40. The van der Waals surface area contributed by atoms with E-state index in [4.69, 9.17) is 4.74 Å². The number of ether oxygens (including phenoxy) is 1. The molecule has 1 aliphatic heterocycles. The summed E-state index contributed by atoms with van der Waals surface area (Å²) in [4.78, 5) is 9.84. The first-order chi connectivity index (χ1) is 8.39. The monoisotopic (exact) mass is 323 g/mol. The molecule has 1 unspecified atom stereocenters. The van der Waals surface area contributed by atoms with Gasteiger partial charge in [-0.2, -0.15) is 13.2 Å². The van der Waals surface area contributed by atoms with E-state index in [0.29, 0.717) is 18.9 Å². The summed E-state index contributed by atoms with van der Waals surface area (Å²) in [6.45, 7) is 0.634. The highest BCUT2D eigenvalue weighted by Gasteiger charge is 2.39. The lowest BCUT2D eigenvalue weighted by atomic mass is 10.1. The van der Waals surface area contributed by atoms with Crippen LogP contribution in [-0.2, 0) is 0 Å². The molecule has 7 heteroatoms. The molecule has 98 valence electrons. The van der Waals surface area contributed by atoms with Crippen molar-refractivity contribution in [2.45, 2.75) is 11.0 Å². The summed E-state index contributed by atoms with van der Waals surface area (Å²) in [5.41, 5.74) is 0.0978. The maximum Gasteiger partial charge on any atom is 0.405 e. The van der Waals surface area contributed by atoms with E-state index in [-0.39, 0.29) is 11.1 Å². The fourth-order valence-corrected chi connectivity index (χ4v) is 1.90. The van der Waals surface area contributed by atoms with E-state index in [1.807, 2.05) is 0 Å². The second-order valence-electron chi connectivity index (χ2n) is 3.76. The Labute approximate surface area is 109 Å². The lowest BCUT2D eigenvalue weighted by Gasteiger charge is -2.15. The second kappa shape index (κ2) is 4.79. The van der Waals surface area contributed by atoms with Gasteiger partial charge in [-0.25, -0.2) is 0 Å². The predicted octanol–water partition coefficient (Wildman–Crippen LogP) is 2.81. The molecule has 1 aromatic carbocycles. The largest absolute Gasteiger partial charge is 0.491 e. The lowest BCUT2D eigenvalue weighted by Crippen LogP contribution is -2.24. The highest BCUT2D eigenvalue weighted by molar-refractivity contribution is 9.09. The zero-order valence-electron chi connectivity index (χ0n) is 9.05. The molecule has 18 heavy (non-hydrogen) atoms. The van der Waals surface area contributed by atoms with Crippen LogP contribution in [0, 0.1) is 0 Å². The first kappa shape index (κ1) is 13.2. The van der Waals surface area contributed by atoms with Crippen molar-refractivity contribution in [1.82, 2.24) is 5.32 Å². The molecule has 3 nitrogen and oxygen atoms in total. The van der Waals surface area contributed by atoms with Crippen LogP contribution in [-0.4, -0.2) is 25.2 Å². The Morgan fingerprint density at radius 1 is 1.39 bits per heavy atom. The van der Waals surface area contributed by atoms with E-state index in [1.165, 1.54) is 18.2 Å². The second-order valence-corrected chi connectivity index (χ2v) is 4.68. The zero-order valence-corrected chi connectivity index (χ0v) is 10.6. The van der Waals surface area contributed by atoms with Gasteiger partial charge in [0.2, 0.25) is 0 Å². The summed E-state index contributed by atoms with van der Waals surface area (Å²) in [6, 6.07) is 3.88. The molecular formula is C11H9BrF3NO2.